The molecule has 0 bridgehead atoms. The third kappa shape index (κ3) is 3.26. The van der Waals surface area contributed by atoms with Crippen LogP contribution in [0.4, 0.5) is 0 Å². The standard InChI is InChI=1S/C11H19N3S/c1-9(11-14-7-8-15-11)12-6-4-10-3-2-5-13-10/h7-10,12-13H,2-6H2,1H3. The molecular weight excluding hydrogens is 206 g/mol. The monoisotopic (exact) mass is 225 g/mol. The molecule has 1 saturated heterocycles. The van der Waals surface area contributed by atoms with E-state index in [4.69, 9.17) is 0 Å². The zero-order valence-electron chi connectivity index (χ0n) is 9.20. The molecule has 2 heterocycles. The van der Waals surface area contributed by atoms with Crippen molar-refractivity contribution in [3.8, 4) is 0 Å². The van der Waals surface area contributed by atoms with E-state index in [1.54, 1.807) is 11.3 Å². The van der Waals surface area contributed by atoms with E-state index in [-0.39, 0.29) is 0 Å². The largest absolute Gasteiger partial charge is 0.314 e. The van der Waals surface area contributed by atoms with E-state index in [2.05, 4.69) is 22.5 Å². The third-order valence-electron chi connectivity index (χ3n) is 2.93. The zero-order valence-corrected chi connectivity index (χ0v) is 10.0. The smallest absolute Gasteiger partial charge is 0.109 e. The topological polar surface area (TPSA) is 37.0 Å². The van der Waals surface area contributed by atoms with Crippen molar-refractivity contribution >= 4 is 11.3 Å². The molecule has 1 fully saturated rings. The van der Waals surface area contributed by atoms with Gasteiger partial charge in [0.2, 0.25) is 0 Å². The Morgan fingerprint density at radius 1 is 1.73 bits per heavy atom. The molecule has 1 aromatic rings. The second-order valence-corrected chi connectivity index (χ2v) is 5.05. The summed E-state index contributed by atoms with van der Waals surface area (Å²) >= 11 is 1.72. The summed E-state index contributed by atoms with van der Waals surface area (Å²) in [5.74, 6) is 0. The summed E-state index contributed by atoms with van der Waals surface area (Å²) in [5, 5.41) is 10.3. The molecule has 0 aliphatic carbocycles. The first kappa shape index (κ1) is 11.0. The van der Waals surface area contributed by atoms with Crippen LogP contribution in [0.15, 0.2) is 11.6 Å². The molecule has 2 atom stereocenters. The fourth-order valence-electron chi connectivity index (χ4n) is 2.01. The SMILES string of the molecule is CC(NCCC1CCCN1)c1nccs1. The predicted octanol–water partition coefficient (Wildman–Crippen LogP) is 1.94. The molecule has 1 aliphatic heterocycles. The fourth-order valence-corrected chi connectivity index (χ4v) is 2.68. The minimum Gasteiger partial charge on any atom is -0.314 e. The van der Waals surface area contributed by atoms with Crippen molar-refractivity contribution in [2.75, 3.05) is 13.1 Å². The molecule has 0 amide bonds. The molecule has 2 N–H and O–H groups in total. The van der Waals surface area contributed by atoms with Gasteiger partial charge in [-0.25, -0.2) is 4.98 Å². The second kappa shape index (κ2) is 5.58. The molecule has 0 saturated carbocycles. The average Bonchev–Trinajstić information content (AvgIpc) is 2.90. The summed E-state index contributed by atoms with van der Waals surface area (Å²) in [5.41, 5.74) is 0. The molecule has 4 heteroatoms. The number of thiazole rings is 1. The van der Waals surface area contributed by atoms with Gasteiger partial charge in [0.05, 0.1) is 6.04 Å². The number of nitrogens with zero attached hydrogens (tertiary/aromatic N) is 1. The maximum absolute atomic E-state index is 4.31. The summed E-state index contributed by atoms with van der Waals surface area (Å²) < 4.78 is 0. The zero-order chi connectivity index (χ0) is 10.5. The van der Waals surface area contributed by atoms with Gasteiger partial charge < -0.3 is 10.6 Å². The van der Waals surface area contributed by atoms with Crippen LogP contribution in [0, 0.1) is 0 Å². The van der Waals surface area contributed by atoms with Crippen molar-refractivity contribution in [3.05, 3.63) is 16.6 Å². The fraction of sp³-hybridized carbons (Fsp3) is 0.727. The predicted molar refractivity (Wildman–Crippen MR) is 64.2 cm³/mol. The lowest BCUT2D eigenvalue weighted by Crippen LogP contribution is -2.28. The van der Waals surface area contributed by atoms with Crippen LogP contribution in [0.3, 0.4) is 0 Å². The summed E-state index contributed by atoms with van der Waals surface area (Å²) in [7, 11) is 0. The Hall–Kier alpha value is -0.450. The second-order valence-electron chi connectivity index (χ2n) is 4.13. The molecular formula is C11H19N3S. The van der Waals surface area contributed by atoms with E-state index >= 15 is 0 Å². The molecule has 3 nitrogen and oxygen atoms in total. The summed E-state index contributed by atoms with van der Waals surface area (Å²) in [6.45, 7) is 4.46. The van der Waals surface area contributed by atoms with E-state index in [1.165, 1.54) is 30.8 Å². The van der Waals surface area contributed by atoms with Crippen molar-refractivity contribution < 1.29 is 0 Å². The van der Waals surface area contributed by atoms with E-state index in [9.17, 15) is 0 Å². The van der Waals surface area contributed by atoms with Gasteiger partial charge in [-0.15, -0.1) is 11.3 Å². The Balaban J connectivity index is 1.65. The van der Waals surface area contributed by atoms with E-state index in [1.807, 2.05) is 11.6 Å². The first-order chi connectivity index (χ1) is 7.36. The van der Waals surface area contributed by atoms with Crippen LogP contribution in [0.2, 0.25) is 0 Å². The van der Waals surface area contributed by atoms with Crippen LogP contribution in [0.1, 0.15) is 37.2 Å². The molecule has 84 valence electrons. The highest BCUT2D eigenvalue weighted by Gasteiger charge is 2.14. The van der Waals surface area contributed by atoms with Gasteiger partial charge in [-0.2, -0.15) is 0 Å². The number of nitrogens with one attached hydrogen (secondary N) is 2. The lowest BCUT2D eigenvalue weighted by Gasteiger charge is -2.14. The van der Waals surface area contributed by atoms with Gasteiger partial charge in [-0.3, -0.25) is 0 Å². The van der Waals surface area contributed by atoms with Crippen molar-refractivity contribution in [2.45, 2.75) is 38.3 Å². The van der Waals surface area contributed by atoms with Crippen LogP contribution in [-0.4, -0.2) is 24.1 Å². The first-order valence-electron chi connectivity index (χ1n) is 5.72. The van der Waals surface area contributed by atoms with Gasteiger partial charge in [-0.1, -0.05) is 0 Å². The van der Waals surface area contributed by atoms with Crippen molar-refractivity contribution in [1.82, 2.24) is 15.6 Å². The molecule has 2 unspecified atom stereocenters. The van der Waals surface area contributed by atoms with Gasteiger partial charge in [0.15, 0.2) is 0 Å². The summed E-state index contributed by atoms with van der Waals surface area (Å²) in [4.78, 5) is 4.31. The van der Waals surface area contributed by atoms with Gasteiger partial charge in [-0.05, 0) is 39.3 Å². The molecule has 0 spiro atoms. The van der Waals surface area contributed by atoms with Crippen molar-refractivity contribution in [3.63, 3.8) is 0 Å². The van der Waals surface area contributed by atoms with Crippen molar-refractivity contribution in [1.29, 1.82) is 0 Å². The van der Waals surface area contributed by atoms with Crippen LogP contribution < -0.4 is 10.6 Å². The highest BCUT2D eigenvalue weighted by Crippen LogP contribution is 2.15. The molecule has 0 aromatic carbocycles. The van der Waals surface area contributed by atoms with Gasteiger partial charge >= 0.3 is 0 Å². The Bertz CT molecular complexity index is 267. The van der Waals surface area contributed by atoms with Gasteiger partial charge in [0, 0.05) is 17.6 Å². The Labute approximate surface area is 95.3 Å². The Morgan fingerprint density at radius 2 is 2.67 bits per heavy atom. The Kier molecular flexibility index (Phi) is 4.11. The Morgan fingerprint density at radius 3 is 3.33 bits per heavy atom. The molecule has 1 aliphatic rings. The number of hydrogen-bond donors (Lipinski definition) is 2. The lowest BCUT2D eigenvalue weighted by molar-refractivity contribution is 0.490. The third-order valence-corrected chi connectivity index (χ3v) is 3.89. The molecule has 15 heavy (non-hydrogen) atoms. The number of aromatic nitrogens is 1. The van der Waals surface area contributed by atoms with Crippen LogP contribution in [0.5, 0.6) is 0 Å². The maximum atomic E-state index is 4.31. The van der Waals surface area contributed by atoms with Crippen LogP contribution in [0.25, 0.3) is 0 Å². The summed E-state index contributed by atoms with van der Waals surface area (Å²) in [6.07, 6.45) is 5.78. The highest BCUT2D eigenvalue weighted by molar-refractivity contribution is 7.09. The minimum absolute atomic E-state index is 0.395. The van der Waals surface area contributed by atoms with Crippen LogP contribution >= 0.6 is 11.3 Å². The van der Waals surface area contributed by atoms with E-state index < -0.39 is 0 Å². The van der Waals surface area contributed by atoms with Crippen LogP contribution in [-0.2, 0) is 0 Å². The van der Waals surface area contributed by atoms with E-state index in [0.717, 1.165) is 12.6 Å². The van der Waals surface area contributed by atoms with Gasteiger partial charge in [0.1, 0.15) is 5.01 Å². The maximum Gasteiger partial charge on any atom is 0.109 e. The number of rotatable bonds is 5. The van der Waals surface area contributed by atoms with Gasteiger partial charge in [0.25, 0.3) is 0 Å². The summed E-state index contributed by atoms with van der Waals surface area (Å²) in [6, 6.07) is 1.13. The number of hydrogen-bond acceptors (Lipinski definition) is 4. The first-order valence-corrected chi connectivity index (χ1v) is 6.60. The highest BCUT2D eigenvalue weighted by atomic mass is 32.1. The van der Waals surface area contributed by atoms with E-state index in [0.29, 0.717) is 6.04 Å². The lowest BCUT2D eigenvalue weighted by atomic mass is 10.1. The quantitative estimate of drug-likeness (QED) is 0.804. The molecule has 2 rings (SSSR count). The molecule has 0 radical (unpaired) electrons. The minimum atomic E-state index is 0.395. The normalized spacial score (nSPS) is 23.1. The average molecular weight is 225 g/mol. The molecule has 1 aromatic heterocycles. The van der Waals surface area contributed by atoms with Crippen molar-refractivity contribution in [2.24, 2.45) is 0 Å².